The van der Waals surface area contributed by atoms with Crippen molar-refractivity contribution in [2.24, 2.45) is 0 Å². The largest absolute Gasteiger partial charge is 0.310 e. The molecule has 4 heterocycles. The maximum atomic E-state index is 2.46. The monoisotopic (exact) mass is 1300 g/mol. The van der Waals surface area contributed by atoms with Crippen LogP contribution in [-0.2, 0) is 0 Å². The predicted molar refractivity (Wildman–Crippen MR) is 429 cm³/mol. The second-order valence-corrected chi connectivity index (χ2v) is 26.7. The number of benzene rings is 15. The van der Waals surface area contributed by atoms with Crippen molar-refractivity contribution in [1.82, 2.24) is 18.3 Å². The number of fused-ring (bicyclic) bond motifs is 8. The maximum Gasteiger partial charge on any atom is 0.0542 e. The van der Waals surface area contributed by atoms with Crippen LogP contribution in [0.15, 0.2) is 376 Å². The minimum Gasteiger partial charge on any atom is -0.310 e. The van der Waals surface area contributed by atoms with Gasteiger partial charge in [-0.3, -0.25) is 0 Å². The van der Waals surface area contributed by atoms with Crippen molar-refractivity contribution in [2.45, 2.75) is 13.8 Å². The first-order chi connectivity index (χ1) is 50.4. The standard InChI is InChI=1S/C96H68N6/c1-65-31-35-71(36-32-65)93-59-73-61-96-74(62-95(73)101(93)81-51-47-79(48-52-81)97(77-43-39-69(40-44-77)67-19-7-3-8-20-67)83-55-57-91-87(63-83)85-27-15-17-29-89(85)99(91)75-23-11-5-12-24-75)60-94(72-37-33-66(2)34-38-72)102(96)82-53-49-80(50-54-82)98(78-45-41-70(42-46-78)68-21-9-4-10-22-68)84-56-58-92-88(64-84)86-28-16-18-30-90(86)100(92)76-25-13-6-14-26-76/h3-64H,1-2H3. The molecule has 0 amide bonds. The van der Waals surface area contributed by atoms with Gasteiger partial charge in [0.05, 0.1) is 44.5 Å². The fourth-order valence-corrected chi connectivity index (χ4v) is 15.5. The van der Waals surface area contributed by atoms with Crippen molar-refractivity contribution in [3.63, 3.8) is 0 Å². The molecule has 102 heavy (non-hydrogen) atoms. The van der Waals surface area contributed by atoms with Crippen LogP contribution in [-0.4, -0.2) is 18.3 Å². The number of aryl methyl sites for hydroxylation is 2. The smallest absolute Gasteiger partial charge is 0.0542 e. The molecule has 0 atom stereocenters. The second-order valence-electron chi connectivity index (χ2n) is 26.7. The van der Waals surface area contributed by atoms with Gasteiger partial charge in [0.25, 0.3) is 0 Å². The summed E-state index contributed by atoms with van der Waals surface area (Å²) in [6, 6.07) is 138. The Kier molecular flexibility index (Phi) is 14.6. The molecular weight excluding hydrogens is 1240 g/mol. The highest BCUT2D eigenvalue weighted by molar-refractivity contribution is 6.12. The Hall–Kier alpha value is -13.4. The highest BCUT2D eigenvalue weighted by Crippen LogP contribution is 2.46. The average molecular weight is 1310 g/mol. The van der Waals surface area contributed by atoms with E-state index in [1.165, 1.54) is 66.0 Å². The number of hydrogen-bond acceptors (Lipinski definition) is 2. The third-order valence-corrected chi connectivity index (χ3v) is 20.5. The van der Waals surface area contributed by atoms with Crippen molar-refractivity contribution in [1.29, 1.82) is 0 Å². The van der Waals surface area contributed by atoms with Gasteiger partial charge in [-0.1, -0.05) is 217 Å². The quantitative estimate of drug-likeness (QED) is 0.108. The van der Waals surface area contributed by atoms with Gasteiger partial charge >= 0.3 is 0 Å². The third-order valence-electron chi connectivity index (χ3n) is 20.5. The van der Waals surface area contributed by atoms with Gasteiger partial charge in [0.1, 0.15) is 0 Å². The molecule has 0 unspecified atom stereocenters. The fourth-order valence-electron chi connectivity index (χ4n) is 15.5. The molecule has 0 aliphatic carbocycles. The van der Waals surface area contributed by atoms with Crippen LogP contribution in [0, 0.1) is 13.8 Å². The first-order valence-corrected chi connectivity index (χ1v) is 35.0. The summed E-state index contributed by atoms with van der Waals surface area (Å²) in [5, 5.41) is 7.10. The number of hydrogen-bond donors (Lipinski definition) is 0. The molecule has 0 spiro atoms. The van der Waals surface area contributed by atoms with Crippen molar-refractivity contribution in [3.8, 4) is 67.5 Å². The number of nitrogens with zero attached hydrogens (tertiary/aromatic N) is 6. The van der Waals surface area contributed by atoms with Gasteiger partial charge in [-0.15, -0.1) is 0 Å². The Morgan fingerprint density at radius 2 is 0.471 bits per heavy atom. The normalized spacial score (nSPS) is 11.6. The van der Waals surface area contributed by atoms with Crippen LogP contribution in [0.3, 0.4) is 0 Å². The fraction of sp³-hybridized carbons (Fsp3) is 0.0208. The maximum absolute atomic E-state index is 2.46. The van der Waals surface area contributed by atoms with Crippen LogP contribution in [0.1, 0.15) is 11.1 Å². The molecular formula is C96H68N6. The zero-order chi connectivity index (χ0) is 67.8. The molecule has 0 fully saturated rings. The van der Waals surface area contributed by atoms with Crippen molar-refractivity contribution in [3.05, 3.63) is 387 Å². The molecule has 0 N–H and O–H groups in total. The van der Waals surface area contributed by atoms with E-state index in [9.17, 15) is 0 Å². The lowest BCUT2D eigenvalue weighted by Gasteiger charge is -2.26. The van der Waals surface area contributed by atoms with E-state index in [4.69, 9.17) is 0 Å². The van der Waals surface area contributed by atoms with Crippen molar-refractivity contribution < 1.29 is 0 Å². The summed E-state index contributed by atoms with van der Waals surface area (Å²) in [6.07, 6.45) is 0. The molecule has 0 radical (unpaired) electrons. The van der Waals surface area contributed by atoms with E-state index in [-0.39, 0.29) is 0 Å². The van der Waals surface area contributed by atoms with E-state index in [0.29, 0.717) is 0 Å². The Bertz CT molecular complexity index is 5920. The molecule has 0 aliphatic rings. The summed E-state index contributed by atoms with van der Waals surface area (Å²) in [5.74, 6) is 0. The Labute approximate surface area is 592 Å². The summed E-state index contributed by atoms with van der Waals surface area (Å²) in [6.45, 7) is 4.32. The van der Waals surface area contributed by atoms with Crippen LogP contribution in [0.5, 0.6) is 0 Å². The molecule has 0 saturated heterocycles. The molecule has 19 aromatic rings. The number of aromatic nitrogens is 4. The van der Waals surface area contributed by atoms with E-state index < -0.39 is 0 Å². The van der Waals surface area contributed by atoms with Gasteiger partial charge in [0.2, 0.25) is 0 Å². The minimum atomic E-state index is 1.05. The van der Waals surface area contributed by atoms with E-state index in [1.54, 1.807) is 0 Å². The SMILES string of the molecule is Cc1ccc(-c2cc3cc4c(cc(-c5ccc(C)cc5)n4-c4ccc(N(c5ccc(-c6ccccc6)cc5)c5ccc6c(c5)c5ccccc5n6-c5ccccc5)cc4)cc3n2-c2ccc(N(c3ccc(-c4ccccc4)cc3)c3ccc4c(c3)c3ccccc3n4-c3ccccc3)cc2)cc1. The first kappa shape index (κ1) is 59.8. The van der Waals surface area contributed by atoms with E-state index in [2.05, 4.69) is 418 Å². The van der Waals surface area contributed by atoms with Gasteiger partial charge in [0, 0.05) is 89.2 Å². The van der Waals surface area contributed by atoms with E-state index in [0.717, 1.165) is 112 Å². The summed E-state index contributed by atoms with van der Waals surface area (Å²) in [7, 11) is 0. The predicted octanol–water partition coefficient (Wildman–Crippen LogP) is 26.0. The highest BCUT2D eigenvalue weighted by atomic mass is 15.2. The molecule has 482 valence electrons. The summed E-state index contributed by atoms with van der Waals surface area (Å²) in [4.78, 5) is 4.80. The average Bonchev–Trinajstić information content (AvgIpc) is 1.61. The first-order valence-electron chi connectivity index (χ1n) is 35.0. The zero-order valence-corrected chi connectivity index (χ0v) is 56.5. The molecule has 0 aliphatic heterocycles. The van der Waals surface area contributed by atoms with Gasteiger partial charge < -0.3 is 28.1 Å². The van der Waals surface area contributed by atoms with Gasteiger partial charge in [-0.2, -0.15) is 0 Å². The zero-order valence-electron chi connectivity index (χ0n) is 56.5. The van der Waals surface area contributed by atoms with Gasteiger partial charge in [-0.25, -0.2) is 0 Å². The topological polar surface area (TPSA) is 26.2 Å². The summed E-state index contributed by atoms with van der Waals surface area (Å²) in [5.41, 5.74) is 29.4. The lowest BCUT2D eigenvalue weighted by atomic mass is 10.0. The van der Waals surface area contributed by atoms with Crippen LogP contribution in [0.4, 0.5) is 34.1 Å². The van der Waals surface area contributed by atoms with Crippen LogP contribution >= 0.6 is 0 Å². The Morgan fingerprint density at radius 1 is 0.186 bits per heavy atom. The third kappa shape index (κ3) is 10.4. The van der Waals surface area contributed by atoms with Crippen LogP contribution in [0.25, 0.3) is 133 Å². The molecule has 0 bridgehead atoms. The number of para-hydroxylation sites is 4. The Balaban J connectivity index is 0.745. The molecule has 19 rings (SSSR count). The van der Waals surface area contributed by atoms with Crippen LogP contribution in [0.2, 0.25) is 0 Å². The lowest BCUT2D eigenvalue weighted by molar-refractivity contribution is 1.13. The molecule has 6 nitrogen and oxygen atoms in total. The molecule has 4 aromatic heterocycles. The van der Waals surface area contributed by atoms with E-state index >= 15 is 0 Å². The Morgan fingerprint density at radius 3 is 0.843 bits per heavy atom. The van der Waals surface area contributed by atoms with Crippen LogP contribution < -0.4 is 9.80 Å². The van der Waals surface area contributed by atoms with E-state index in [1.807, 2.05) is 0 Å². The van der Waals surface area contributed by atoms with Crippen molar-refractivity contribution >= 4 is 99.5 Å². The number of rotatable bonds is 14. The number of anilines is 6. The van der Waals surface area contributed by atoms with Gasteiger partial charge in [-0.05, 0) is 217 Å². The van der Waals surface area contributed by atoms with Gasteiger partial charge in [0.15, 0.2) is 0 Å². The molecule has 0 saturated carbocycles. The van der Waals surface area contributed by atoms with Crippen molar-refractivity contribution in [2.75, 3.05) is 9.80 Å². The lowest BCUT2D eigenvalue weighted by Crippen LogP contribution is -2.10. The molecule has 15 aromatic carbocycles. The highest BCUT2D eigenvalue weighted by Gasteiger charge is 2.24. The second kappa shape index (κ2) is 24.8. The summed E-state index contributed by atoms with van der Waals surface area (Å²) >= 11 is 0. The molecule has 6 heteroatoms. The minimum absolute atomic E-state index is 1.05. The summed E-state index contributed by atoms with van der Waals surface area (Å²) < 4.78 is 9.69.